The maximum absolute atomic E-state index is 12.7. The van der Waals surface area contributed by atoms with Crippen molar-refractivity contribution in [3.63, 3.8) is 0 Å². The smallest absolute Gasteiger partial charge is 0.233 e. The van der Waals surface area contributed by atoms with Crippen LogP contribution in [0.5, 0.6) is 11.5 Å². The van der Waals surface area contributed by atoms with Gasteiger partial charge in [0.1, 0.15) is 17.6 Å². The molecule has 2 aliphatic rings. The van der Waals surface area contributed by atoms with Crippen LogP contribution >= 0.6 is 11.3 Å². The Morgan fingerprint density at radius 1 is 0.898 bits per heavy atom. The summed E-state index contributed by atoms with van der Waals surface area (Å²) >= 11 is 1.75. The number of aliphatic hydroxyl groups is 1. The second-order valence-corrected chi connectivity index (χ2v) is 17.2. The van der Waals surface area contributed by atoms with Gasteiger partial charge >= 0.3 is 0 Å². The number of nitrogens with zero attached hydrogens (tertiary/aromatic N) is 2. The van der Waals surface area contributed by atoms with Crippen LogP contribution in [-0.4, -0.2) is 87.4 Å². The summed E-state index contributed by atoms with van der Waals surface area (Å²) in [7, 11) is 7.80. The second-order valence-electron chi connectivity index (χ2n) is 16.2. The van der Waals surface area contributed by atoms with E-state index in [1.807, 2.05) is 56.1 Å². The fraction of sp³-hybridized carbons (Fsp3) is 0.460. The lowest BCUT2D eigenvalue weighted by atomic mass is 9.72. The van der Waals surface area contributed by atoms with E-state index < -0.39 is 5.60 Å². The Kier molecular flexibility index (Phi) is 17.4. The first-order chi connectivity index (χ1) is 28.6. The molecule has 318 valence electrons. The highest BCUT2D eigenvalue weighted by Crippen LogP contribution is 2.55. The number of hydrogen-bond acceptors (Lipinski definition) is 8. The lowest BCUT2D eigenvalue weighted by molar-refractivity contribution is -0.134. The molecule has 4 aromatic carbocycles. The summed E-state index contributed by atoms with van der Waals surface area (Å²) < 4.78 is 11.6. The predicted octanol–water partition coefficient (Wildman–Crippen LogP) is 9.44. The Hall–Kier alpha value is -4.25. The Bertz CT molecular complexity index is 1960. The third-order valence-electron chi connectivity index (χ3n) is 12.1. The van der Waals surface area contributed by atoms with E-state index in [1.165, 1.54) is 27.6 Å². The number of ether oxygens (including phenoxy) is 2. The summed E-state index contributed by atoms with van der Waals surface area (Å²) in [4.78, 5) is 18.1. The monoisotopic (exact) mass is 820 g/mol. The number of carbonyl (C=O) groups excluding carboxylic acids is 1. The zero-order valence-corrected chi connectivity index (χ0v) is 37.1. The number of hydrogen-bond donors (Lipinski definition) is 3. The number of benzene rings is 4. The van der Waals surface area contributed by atoms with Gasteiger partial charge in [-0.1, -0.05) is 104 Å². The summed E-state index contributed by atoms with van der Waals surface area (Å²) in [5, 5.41) is 18.8. The van der Waals surface area contributed by atoms with Crippen molar-refractivity contribution in [2.75, 3.05) is 61.0 Å². The molecular formula is C50H68N4O4S. The SMILES string of the molecule is CCN(CC)C(=O)C1(c2ccccc2)CC1CN.CNCC[C@H](Oc1cccc2ccccc12)c1cccs1.COc1ccc(C(CN(C)C)C2(O)CCCCC2)cc1. The average Bonchev–Trinajstić information content (AvgIpc) is 3.78. The van der Waals surface area contributed by atoms with Gasteiger partial charge in [0.05, 0.1) is 18.1 Å². The van der Waals surface area contributed by atoms with Crippen LogP contribution in [0, 0.1) is 5.92 Å². The van der Waals surface area contributed by atoms with Crippen LogP contribution in [0.1, 0.15) is 86.8 Å². The first kappa shape index (κ1) is 45.8. The largest absolute Gasteiger partial charge is 0.497 e. The normalized spacial score (nSPS) is 19.0. The van der Waals surface area contributed by atoms with Gasteiger partial charge in [0.25, 0.3) is 0 Å². The van der Waals surface area contributed by atoms with Gasteiger partial charge in [0, 0.05) is 42.2 Å². The lowest BCUT2D eigenvalue weighted by Gasteiger charge is -2.40. The van der Waals surface area contributed by atoms with E-state index in [-0.39, 0.29) is 23.3 Å². The highest BCUT2D eigenvalue weighted by molar-refractivity contribution is 7.10. The van der Waals surface area contributed by atoms with Crippen LogP contribution in [0.4, 0.5) is 0 Å². The third-order valence-corrected chi connectivity index (χ3v) is 13.0. The van der Waals surface area contributed by atoms with Crippen LogP contribution < -0.4 is 20.5 Å². The molecule has 1 amide bonds. The van der Waals surface area contributed by atoms with Crippen molar-refractivity contribution in [2.24, 2.45) is 11.7 Å². The van der Waals surface area contributed by atoms with Crippen LogP contribution in [0.15, 0.2) is 115 Å². The quantitative estimate of drug-likeness (QED) is 0.0913. The van der Waals surface area contributed by atoms with E-state index in [2.05, 4.69) is 109 Å². The molecule has 2 saturated carbocycles. The number of thiophene rings is 1. The van der Waals surface area contributed by atoms with E-state index in [0.717, 1.165) is 81.8 Å². The van der Waals surface area contributed by atoms with E-state index in [0.29, 0.717) is 12.5 Å². The van der Waals surface area contributed by atoms with E-state index in [4.69, 9.17) is 15.2 Å². The fourth-order valence-corrected chi connectivity index (χ4v) is 9.43. The minimum Gasteiger partial charge on any atom is -0.497 e. The minimum absolute atomic E-state index is 0.100. The molecule has 0 aliphatic heterocycles. The standard InChI is InChI=1S/C18H19NOS.C17H27NO2.C15H22N2O/c1-19-12-11-17(18-10-5-13-21-18)20-16-9-4-7-14-6-2-3-8-15(14)16;1-18(2)13-16(17(19)11-5-4-6-12-17)14-7-9-15(20-3)10-8-14;1-3-17(4-2)14(18)15(10-13(15)11-16)12-8-6-5-7-9-12/h2-10,13,17,19H,11-12H2,1H3;7-10,16,19H,4-6,11-13H2,1-3H3;5-9,13H,3-4,10-11,16H2,1-2H3/t17-;;/m0../s1. The number of fused-ring (bicyclic) bond motifs is 1. The summed E-state index contributed by atoms with van der Waals surface area (Å²) in [6, 6.07) is 37.1. The molecule has 8 nitrogen and oxygen atoms in total. The molecule has 1 heterocycles. The summed E-state index contributed by atoms with van der Waals surface area (Å²) in [6.45, 7) is 7.99. The number of amides is 1. The van der Waals surface area contributed by atoms with Gasteiger partial charge in [-0.05, 0) is 119 Å². The van der Waals surface area contributed by atoms with Crippen LogP contribution in [0.3, 0.4) is 0 Å². The summed E-state index contributed by atoms with van der Waals surface area (Å²) in [6.07, 6.45) is 7.30. The molecule has 3 unspecified atom stereocenters. The Labute approximate surface area is 357 Å². The molecule has 2 fully saturated rings. The van der Waals surface area contributed by atoms with Gasteiger partial charge in [0.2, 0.25) is 5.91 Å². The molecule has 7 rings (SSSR count). The number of nitrogens with two attached hydrogens (primary N) is 1. The Morgan fingerprint density at radius 3 is 2.17 bits per heavy atom. The van der Waals surface area contributed by atoms with E-state index in [9.17, 15) is 9.90 Å². The number of methoxy groups -OCH3 is 1. The highest BCUT2D eigenvalue weighted by atomic mass is 32.1. The fourth-order valence-electron chi connectivity index (χ4n) is 8.64. The first-order valence-electron chi connectivity index (χ1n) is 21.5. The molecule has 4 N–H and O–H groups in total. The number of likely N-dealkylation sites (N-methyl/N-ethyl adjacent to an activating group) is 2. The van der Waals surface area contributed by atoms with Gasteiger partial charge in [-0.3, -0.25) is 4.79 Å². The molecule has 4 atom stereocenters. The maximum atomic E-state index is 12.7. The number of nitrogens with one attached hydrogen (secondary N) is 1. The van der Waals surface area contributed by atoms with Crippen molar-refractivity contribution >= 4 is 28.0 Å². The summed E-state index contributed by atoms with van der Waals surface area (Å²) in [5.41, 5.74) is 7.23. The molecule has 9 heteroatoms. The Balaban J connectivity index is 0.000000169. The van der Waals surface area contributed by atoms with Gasteiger partial charge in [-0.2, -0.15) is 0 Å². The minimum atomic E-state index is -0.558. The lowest BCUT2D eigenvalue weighted by Crippen LogP contribution is -2.42. The molecule has 2 aliphatic carbocycles. The summed E-state index contributed by atoms with van der Waals surface area (Å²) in [5.74, 6) is 2.54. The molecule has 59 heavy (non-hydrogen) atoms. The zero-order valence-electron chi connectivity index (χ0n) is 36.2. The van der Waals surface area contributed by atoms with Crippen molar-refractivity contribution in [3.8, 4) is 11.5 Å². The van der Waals surface area contributed by atoms with Crippen molar-refractivity contribution in [2.45, 2.75) is 81.8 Å². The van der Waals surface area contributed by atoms with Gasteiger partial charge in [-0.15, -0.1) is 11.3 Å². The average molecular weight is 821 g/mol. The topological polar surface area (TPSA) is 100 Å². The first-order valence-corrected chi connectivity index (χ1v) is 22.4. The molecule has 5 aromatic rings. The highest BCUT2D eigenvalue weighted by Gasteiger charge is 2.61. The second kappa shape index (κ2) is 22.4. The van der Waals surface area contributed by atoms with Gasteiger partial charge in [0.15, 0.2) is 0 Å². The third kappa shape index (κ3) is 11.7. The van der Waals surface area contributed by atoms with Crippen molar-refractivity contribution in [3.05, 3.63) is 131 Å². The molecule has 0 bridgehead atoms. The molecular weight excluding hydrogens is 753 g/mol. The molecule has 0 spiro atoms. The maximum Gasteiger partial charge on any atom is 0.233 e. The molecule has 0 saturated heterocycles. The zero-order chi connectivity index (χ0) is 42.3. The van der Waals surface area contributed by atoms with E-state index in [1.54, 1.807) is 18.4 Å². The van der Waals surface area contributed by atoms with Gasteiger partial charge < -0.3 is 35.4 Å². The predicted molar refractivity (Wildman–Crippen MR) is 246 cm³/mol. The van der Waals surface area contributed by atoms with Gasteiger partial charge in [-0.25, -0.2) is 0 Å². The van der Waals surface area contributed by atoms with Crippen LogP contribution in [-0.2, 0) is 10.2 Å². The van der Waals surface area contributed by atoms with Crippen molar-refractivity contribution in [1.82, 2.24) is 15.1 Å². The van der Waals surface area contributed by atoms with Crippen molar-refractivity contribution < 1.29 is 19.4 Å². The molecule has 0 radical (unpaired) electrons. The van der Waals surface area contributed by atoms with Crippen LogP contribution in [0.2, 0.25) is 0 Å². The van der Waals surface area contributed by atoms with Crippen LogP contribution in [0.25, 0.3) is 10.8 Å². The number of carbonyl (C=O) groups is 1. The number of rotatable bonds is 16. The van der Waals surface area contributed by atoms with E-state index >= 15 is 0 Å². The van der Waals surface area contributed by atoms with Crippen molar-refractivity contribution in [1.29, 1.82) is 0 Å². The molecule has 1 aromatic heterocycles. The Morgan fingerprint density at radius 2 is 1.58 bits per heavy atom.